The summed E-state index contributed by atoms with van der Waals surface area (Å²) in [6, 6.07) is 24.9. The van der Waals surface area contributed by atoms with Crippen LogP contribution in [0.5, 0.6) is 11.5 Å². The average molecular weight is 1360 g/mol. The largest absolute Gasteiger partial charge is 0.489 e. The zero-order valence-electron chi connectivity index (χ0n) is 56.2. The number of nitrogens with one attached hydrogen (secondary N) is 4. The minimum atomic E-state index is -3.55. The highest BCUT2D eigenvalue weighted by Crippen LogP contribution is 2.51. The highest BCUT2D eigenvalue weighted by atomic mass is 35.5. The molecule has 4 fully saturated rings. The third-order valence-corrected chi connectivity index (χ3v) is 23.6. The van der Waals surface area contributed by atoms with Crippen molar-refractivity contribution in [2.75, 3.05) is 47.7 Å². The van der Waals surface area contributed by atoms with Crippen LogP contribution < -0.4 is 30.7 Å². The van der Waals surface area contributed by atoms with Crippen molar-refractivity contribution in [3.05, 3.63) is 130 Å². The molecule has 2 saturated heterocycles. The minimum Gasteiger partial charge on any atom is -0.489 e. The molecule has 0 radical (unpaired) electrons. The molecule has 22 heteroatoms. The molecular formula is C72H92Cl2N10O8S2. The number of aromatic nitrogens is 4. The first-order valence-electron chi connectivity index (χ1n) is 33.4. The molecule has 4 N–H and O–H groups in total. The van der Waals surface area contributed by atoms with E-state index < -0.39 is 30.2 Å². The Morgan fingerprint density at radius 3 is 1.45 bits per heavy atom. The molecule has 18 nitrogen and oxygen atoms in total. The Labute approximate surface area is 566 Å². The second-order valence-electron chi connectivity index (χ2n) is 27.2. The Bertz CT molecular complexity index is 4020. The quantitative estimate of drug-likeness (QED) is 0.0498. The van der Waals surface area contributed by atoms with E-state index in [2.05, 4.69) is 115 Å². The first-order chi connectivity index (χ1) is 44.8. The summed E-state index contributed by atoms with van der Waals surface area (Å²) >= 11 is 13.0. The zero-order valence-corrected chi connectivity index (χ0v) is 59.3. The van der Waals surface area contributed by atoms with Gasteiger partial charge in [0.15, 0.2) is 31.3 Å². The van der Waals surface area contributed by atoms with Crippen molar-refractivity contribution >= 4 is 100 Å². The summed E-state index contributed by atoms with van der Waals surface area (Å²) in [6.07, 6.45) is 17.4. The molecule has 2 aliphatic carbocycles. The van der Waals surface area contributed by atoms with E-state index >= 15 is 0 Å². The van der Waals surface area contributed by atoms with E-state index in [0.29, 0.717) is 71.1 Å². The topological polar surface area (TPSA) is 211 Å². The number of rotatable bonds is 22. The number of anilines is 8. The van der Waals surface area contributed by atoms with E-state index in [1.165, 1.54) is 60.4 Å². The summed E-state index contributed by atoms with van der Waals surface area (Å²) in [5, 5.41) is 12.3. The fourth-order valence-electron chi connectivity index (χ4n) is 13.5. The number of aryl methyl sites for hydroxylation is 2. The van der Waals surface area contributed by atoms with E-state index in [9.17, 15) is 16.8 Å². The van der Waals surface area contributed by atoms with Gasteiger partial charge in [0.1, 0.15) is 21.5 Å². The summed E-state index contributed by atoms with van der Waals surface area (Å²) in [5.41, 5.74) is 9.70. The molecule has 2 aromatic heterocycles. The molecule has 2 saturated carbocycles. The molecule has 4 atom stereocenters. The lowest BCUT2D eigenvalue weighted by atomic mass is 9.83. The van der Waals surface area contributed by atoms with Crippen LogP contribution in [-0.4, -0.2) is 132 Å². The molecule has 94 heavy (non-hydrogen) atoms. The van der Waals surface area contributed by atoms with Crippen LogP contribution in [0, 0.1) is 25.7 Å². The van der Waals surface area contributed by atoms with Crippen LogP contribution in [0.15, 0.2) is 107 Å². The molecule has 0 amide bonds. The van der Waals surface area contributed by atoms with Crippen molar-refractivity contribution in [2.45, 2.75) is 203 Å². The fraction of sp³-hybridized carbons (Fsp3) is 0.500. The zero-order chi connectivity index (χ0) is 66.9. The molecule has 6 heterocycles. The second-order valence-corrected chi connectivity index (χ2v) is 32.9. The second kappa shape index (κ2) is 29.2. The number of para-hydroxylation sites is 2. The van der Waals surface area contributed by atoms with Crippen LogP contribution >= 0.6 is 23.2 Å². The van der Waals surface area contributed by atoms with E-state index in [4.69, 9.17) is 42.1 Å². The van der Waals surface area contributed by atoms with Crippen molar-refractivity contribution in [2.24, 2.45) is 11.8 Å². The van der Waals surface area contributed by atoms with Crippen LogP contribution in [-0.2, 0) is 29.1 Å². The molecule has 0 spiro atoms. The molecule has 504 valence electrons. The predicted octanol–water partition coefficient (Wildman–Crippen LogP) is 15.9. The monoisotopic (exact) mass is 1360 g/mol. The van der Waals surface area contributed by atoms with Crippen molar-refractivity contribution in [3.63, 3.8) is 0 Å². The third kappa shape index (κ3) is 15.7. The maximum Gasteiger partial charge on any atom is 0.229 e. The molecular weight excluding hydrogens is 1270 g/mol. The van der Waals surface area contributed by atoms with Crippen molar-refractivity contribution in [1.29, 1.82) is 0 Å². The minimum absolute atomic E-state index is 0.0448. The van der Waals surface area contributed by atoms with Gasteiger partial charge in [-0.1, -0.05) is 59.6 Å². The number of hydrogen-bond acceptors (Lipinski definition) is 18. The van der Waals surface area contributed by atoms with Gasteiger partial charge < -0.3 is 40.2 Å². The first-order valence-corrected chi connectivity index (χ1v) is 37.2. The Balaban J connectivity index is 0.000000194. The lowest BCUT2D eigenvalue weighted by Crippen LogP contribution is -2.56. The van der Waals surface area contributed by atoms with E-state index in [0.717, 1.165) is 92.2 Å². The summed E-state index contributed by atoms with van der Waals surface area (Å²) in [4.78, 5) is 24.0. The van der Waals surface area contributed by atoms with E-state index in [1.807, 2.05) is 27.7 Å². The lowest BCUT2D eigenvalue weighted by molar-refractivity contribution is -0.0857. The summed E-state index contributed by atoms with van der Waals surface area (Å²) in [6.45, 7) is 26.9. The molecule has 4 aromatic carbocycles. The van der Waals surface area contributed by atoms with Gasteiger partial charge in [-0.2, -0.15) is 9.97 Å². The van der Waals surface area contributed by atoms with Crippen LogP contribution in [0.4, 0.5) is 46.3 Å². The molecule has 12 rings (SSSR count). The average Bonchev–Trinajstić information content (AvgIpc) is 1.54. The molecule has 0 unspecified atom stereocenters. The highest BCUT2D eigenvalue weighted by Gasteiger charge is 2.48. The number of nitrogens with zero attached hydrogens (tertiary/aromatic N) is 6. The van der Waals surface area contributed by atoms with Crippen molar-refractivity contribution in [1.82, 2.24) is 29.7 Å². The van der Waals surface area contributed by atoms with Crippen molar-refractivity contribution < 1.29 is 35.8 Å². The maximum absolute atomic E-state index is 13.1. The van der Waals surface area contributed by atoms with Crippen molar-refractivity contribution in [3.8, 4) is 11.5 Å². The van der Waals surface area contributed by atoms with Crippen LogP contribution in [0.25, 0.3) is 11.1 Å². The third-order valence-electron chi connectivity index (χ3n) is 18.6. The number of ether oxygens (including phenoxy) is 4. The van der Waals surface area contributed by atoms with Crippen LogP contribution in [0.2, 0.25) is 10.0 Å². The van der Waals surface area contributed by atoms with Gasteiger partial charge in [-0.15, -0.1) is 0 Å². The van der Waals surface area contributed by atoms with Gasteiger partial charge in [0.05, 0.1) is 86.9 Å². The van der Waals surface area contributed by atoms with Gasteiger partial charge >= 0.3 is 0 Å². The molecule has 6 aliphatic rings. The Morgan fingerprint density at radius 1 is 0.553 bits per heavy atom. The van der Waals surface area contributed by atoms with E-state index in [-0.39, 0.29) is 37.9 Å². The Morgan fingerprint density at radius 2 is 1.02 bits per heavy atom. The fourth-order valence-corrected chi connectivity index (χ4v) is 16.2. The normalized spacial score (nSPS) is 20.9. The number of benzene rings is 4. The van der Waals surface area contributed by atoms with E-state index in [1.54, 1.807) is 76.2 Å². The molecule has 4 aliphatic heterocycles. The smallest absolute Gasteiger partial charge is 0.229 e. The summed E-state index contributed by atoms with van der Waals surface area (Å²) in [5.74, 6) is 4.13. The Kier molecular flexibility index (Phi) is 21.4. The molecule has 6 aromatic rings. The standard InChI is InChI=1S/C39H50ClN5O4S.C33H42ClN5O4S/c1-23(2)49-36-21-30(28-19-34(26-10-11-26)45(29-14-16-48-17-15-29)35(20-28)27-12-13-27)25(5)18-33(36)43-39-41-22-31(40)38(44-39)42-32-8-6-7-9-37(32)50(46,47)24(3)4;1-19(2)43-30-15-26(24-13-22(6)39(23(7)14-24)25-17-42-18-25)21(5)12-29(30)37-33-35-16-27(34)32(38-33)36-28-10-8-9-11-31(28)44(40,41)20(3)4/h6-9,18-19,21-24,26-27,29,34-35H,10-17,20H2,1-5H3,(H2,41,42,43,44);8-13,15-16,19-20,22-23,25H,14,17-18H2,1-7H3,(H2,35,36,37,38)/t34-,35+;22-,23-/m11/s1. The summed E-state index contributed by atoms with van der Waals surface area (Å²) in [7, 11) is -7.09. The summed E-state index contributed by atoms with van der Waals surface area (Å²) < 4.78 is 76.1. The van der Waals surface area contributed by atoms with Gasteiger partial charge in [-0.25, -0.2) is 26.8 Å². The van der Waals surface area contributed by atoms with Gasteiger partial charge in [0.2, 0.25) is 11.9 Å². The van der Waals surface area contributed by atoms with Gasteiger partial charge in [0.25, 0.3) is 0 Å². The lowest BCUT2D eigenvalue weighted by Gasteiger charge is -2.48. The predicted molar refractivity (Wildman–Crippen MR) is 378 cm³/mol. The van der Waals surface area contributed by atoms with Gasteiger partial charge in [0, 0.05) is 43.4 Å². The molecule has 0 bridgehead atoms. The SMILES string of the molecule is Cc1cc(Nc2ncc(Cl)c(Nc3ccccc3S(=O)(=O)C(C)C)n2)c(OC(C)C)cc1C1=C[C@@H](C)N(C2COC2)[C@H](C)C1.Cc1cc(Nc2ncc(Cl)c(Nc3ccccc3S(=O)(=O)C(C)C)n2)c(OC(C)C)cc1C1=C[C@H](C2CC2)N(C2CCOCC2)[C@H](C2CC2)C1. The number of sulfone groups is 2. The van der Waals surface area contributed by atoms with Crippen LogP contribution in [0.3, 0.4) is 0 Å². The highest BCUT2D eigenvalue weighted by molar-refractivity contribution is 7.92. The number of hydrogen-bond donors (Lipinski definition) is 4. The number of halogens is 2. The Hall–Kier alpha value is -6.36. The van der Waals surface area contributed by atoms with Gasteiger partial charge in [-0.3, -0.25) is 9.80 Å². The maximum atomic E-state index is 13.1. The first kappa shape index (κ1) is 69.0. The van der Waals surface area contributed by atoms with Gasteiger partial charge in [-0.05, 0) is 228 Å². The van der Waals surface area contributed by atoms with Crippen LogP contribution in [0.1, 0.15) is 143 Å².